The molecule has 1 fully saturated rings. The first kappa shape index (κ1) is 13.5. The molecule has 1 N–H and O–H groups in total. The summed E-state index contributed by atoms with van der Waals surface area (Å²) >= 11 is 0. The van der Waals surface area contributed by atoms with Gasteiger partial charge in [0.05, 0.1) is 27.2 Å². The third-order valence-electron chi connectivity index (χ3n) is 3.42. The van der Waals surface area contributed by atoms with Gasteiger partial charge in [0.25, 0.3) is 5.91 Å². The van der Waals surface area contributed by atoms with E-state index >= 15 is 0 Å². The number of rotatable bonds is 2. The Morgan fingerprint density at radius 1 is 1.26 bits per heavy atom. The average molecular weight is 268 g/mol. The van der Waals surface area contributed by atoms with Gasteiger partial charge >= 0.3 is 12.0 Å². The van der Waals surface area contributed by atoms with Gasteiger partial charge in [0.15, 0.2) is 0 Å². The summed E-state index contributed by atoms with van der Waals surface area (Å²) in [6.45, 7) is 0.400. The van der Waals surface area contributed by atoms with Gasteiger partial charge in [0.2, 0.25) is 11.9 Å². The fraction of sp³-hybridized carbons (Fsp3) is 0.636. The Morgan fingerprint density at radius 3 is 2.47 bits per heavy atom. The highest BCUT2D eigenvalue weighted by Crippen LogP contribution is 2.20. The summed E-state index contributed by atoms with van der Waals surface area (Å²) in [5.74, 6) is 0.699. The molecule has 2 heterocycles. The Labute approximate surface area is 111 Å². The number of hydrogen-bond donors (Lipinski definition) is 1. The molecule has 2 aliphatic rings. The van der Waals surface area contributed by atoms with E-state index in [0.29, 0.717) is 18.3 Å². The number of imide groups is 1. The Hall–Kier alpha value is -1.96. The number of amides is 3. The predicted octanol–water partition coefficient (Wildman–Crippen LogP) is -1.79. The lowest BCUT2D eigenvalue weighted by atomic mass is 10.1. The average Bonchev–Trinajstić information content (AvgIpc) is 2.72. The highest BCUT2D eigenvalue weighted by Gasteiger charge is 2.53. The second kappa shape index (κ2) is 4.61. The number of fused-ring (bicyclic) bond motifs is 1. The zero-order valence-electron chi connectivity index (χ0n) is 11.5. The lowest BCUT2D eigenvalue weighted by molar-refractivity contribution is -0.505. The Morgan fingerprint density at radius 2 is 1.89 bits per heavy atom. The van der Waals surface area contributed by atoms with Crippen LogP contribution >= 0.6 is 0 Å². The van der Waals surface area contributed by atoms with Crippen molar-refractivity contribution in [3.05, 3.63) is 0 Å². The van der Waals surface area contributed by atoms with Crippen LogP contribution in [0.5, 0.6) is 0 Å². The van der Waals surface area contributed by atoms with Crippen LogP contribution in [-0.2, 0) is 4.79 Å². The molecule has 3 amide bonds. The van der Waals surface area contributed by atoms with Gasteiger partial charge in [-0.2, -0.15) is 0 Å². The van der Waals surface area contributed by atoms with Crippen LogP contribution in [0.4, 0.5) is 4.79 Å². The van der Waals surface area contributed by atoms with Gasteiger partial charge in [-0.25, -0.2) is 9.69 Å². The molecule has 19 heavy (non-hydrogen) atoms. The Bertz CT molecular complexity index is 499. The van der Waals surface area contributed by atoms with Crippen molar-refractivity contribution in [2.24, 2.45) is 4.99 Å². The first-order valence-corrected chi connectivity index (χ1v) is 5.95. The second-order valence-corrected chi connectivity index (χ2v) is 4.67. The minimum Gasteiger partial charge on any atom is -0.393 e. The van der Waals surface area contributed by atoms with Crippen molar-refractivity contribution < 1.29 is 19.3 Å². The fourth-order valence-electron chi connectivity index (χ4n) is 2.27. The van der Waals surface area contributed by atoms with Gasteiger partial charge in [-0.3, -0.25) is 19.2 Å². The number of nitrogens with zero attached hydrogens (tertiary/aromatic N) is 5. The largest absolute Gasteiger partial charge is 0.393 e. The van der Waals surface area contributed by atoms with Crippen LogP contribution in [0.3, 0.4) is 0 Å². The quantitative estimate of drug-likeness (QED) is 0.600. The van der Waals surface area contributed by atoms with Gasteiger partial charge in [0, 0.05) is 14.1 Å². The number of guanidine groups is 1. The lowest BCUT2D eigenvalue weighted by Gasteiger charge is -2.31. The van der Waals surface area contributed by atoms with Crippen molar-refractivity contribution in [3.8, 4) is 0 Å². The molecule has 8 nitrogen and oxygen atoms in total. The summed E-state index contributed by atoms with van der Waals surface area (Å²) in [6.07, 6.45) is 0. The molecule has 2 aliphatic heterocycles. The van der Waals surface area contributed by atoms with Gasteiger partial charge in [-0.05, 0) is 0 Å². The normalized spacial score (nSPS) is 25.8. The minimum atomic E-state index is -0.580. The molecule has 1 saturated heterocycles. The predicted molar refractivity (Wildman–Crippen MR) is 68.1 cm³/mol. The molecule has 0 bridgehead atoms. The number of aliphatic hydroxyl groups is 1. The molecule has 0 saturated carbocycles. The zero-order chi connectivity index (χ0) is 14.3. The van der Waals surface area contributed by atoms with Gasteiger partial charge in [-0.1, -0.05) is 4.99 Å². The third kappa shape index (κ3) is 1.88. The topological polar surface area (TPSA) is 79.5 Å². The van der Waals surface area contributed by atoms with Crippen LogP contribution < -0.4 is 0 Å². The minimum absolute atomic E-state index is 0.00796. The molecule has 0 spiro atoms. The lowest BCUT2D eigenvalue weighted by Crippen LogP contribution is -2.62. The Kier molecular flexibility index (Phi) is 3.27. The smallest absolute Gasteiger partial charge is 0.392 e. The molecular weight excluding hydrogens is 250 g/mol. The number of carbonyl (C=O) groups excluding carboxylic acids is 2. The van der Waals surface area contributed by atoms with Crippen LogP contribution in [0.15, 0.2) is 4.99 Å². The molecule has 1 atom stereocenters. The summed E-state index contributed by atoms with van der Waals surface area (Å²) in [7, 11) is 6.58. The number of hydrogen-bond acceptors (Lipinski definition) is 3. The van der Waals surface area contributed by atoms with E-state index in [1.54, 1.807) is 30.6 Å². The summed E-state index contributed by atoms with van der Waals surface area (Å²) < 4.78 is 1.75. The maximum atomic E-state index is 12.2. The highest BCUT2D eigenvalue weighted by atomic mass is 16.3. The summed E-state index contributed by atoms with van der Waals surface area (Å²) in [5.41, 5.74) is 0. The van der Waals surface area contributed by atoms with Gasteiger partial charge in [0.1, 0.15) is 0 Å². The molecule has 8 heteroatoms. The van der Waals surface area contributed by atoms with Crippen LogP contribution in [0, 0.1) is 0 Å². The van der Waals surface area contributed by atoms with Crippen molar-refractivity contribution >= 4 is 23.7 Å². The van der Waals surface area contributed by atoms with Crippen molar-refractivity contribution in [1.82, 2.24) is 14.7 Å². The number of urea groups is 1. The van der Waals surface area contributed by atoms with Crippen LogP contribution in [0.1, 0.15) is 0 Å². The van der Waals surface area contributed by atoms with Gasteiger partial charge < -0.3 is 5.11 Å². The SMILES string of the molecule is CN1C(=O)C2C(=NC(=[N+](C)CCO)N2C)N(C)C1=O. The molecule has 0 aromatic heterocycles. The van der Waals surface area contributed by atoms with Crippen LogP contribution in [0.25, 0.3) is 0 Å². The first-order chi connectivity index (χ1) is 8.90. The van der Waals surface area contributed by atoms with Crippen LogP contribution in [0.2, 0.25) is 0 Å². The number of aliphatic hydroxyl groups excluding tert-OH is 1. The van der Waals surface area contributed by atoms with E-state index in [2.05, 4.69) is 4.99 Å². The number of amidine groups is 1. The standard InChI is InChI=1S/C11H18N5O3/c1-13(5-6-17)10-12-8-7(14(10)2)9(18)16(4)11(19)15(8)3/h7,17H,5-6H2,1-4H3/q+1. The van der Waals surface area contributed by atoms with E-state index in [-0.39, 0.29) is 18.5 Å². The number of carbonyl (C=O) groups is 2. The fourth-order valence-corrected chi connectivity index (χ4v) is 2.27. The number of aliphatic imine (C=N–C) groups is 1. The molecule has 0 aromatic carbocycles. The molecule has 1 unspecified atom stereocenters. The highest BCUT2D eigenvalue weighted by molar-refractivity contribution is 6.25. The zero-order valence-corrected chi connectivity index (χ0v) is 11.5. The first-order valence-electron chi connectivity index (χ1n) is 5.95. The van der Waals surface area contributed by atoms with E-state index in [9.17, 15) is 9.59 Å². The van der Waals surface area contributed by atoms with Crippen LogP contribution in [-0.4, -0.2) is 95.5 Å². The van der Waals surface area contributed by atoms with Gasteiger partial charge in [-0.15, -0.1) is 0 Å². The summed E-state index contributed by atoms with van der Waals surface area (Å²) in [6, 6.07) is -0.969. The van der Waals surface area contributed by atoms with E-state index in [1.165, 1.54) is 11.9 Å². The third-order valence-corrected chi connectivity index (χ3v) is 3.42. The summed E-state index contributed by atoms with van der Waals surface area (Å²) in [4.78, 5) is 32.6. The van der Waals surface area contributed by atoms with E-state index in [0.717, 1.165) is 4.90 Å². The second-order valence-electron chi connectivity index (χ2n) is 4.67. The Balaban J connectivity index is 2.45. The van der Waals surface area contributed by atoms with E-state index in [4.69, 9.17) is 5.11 Å². The monoisotopic (exact) mass is 268 g/mol. The van der Waals surface area contributed by atoms with Crippen molar-refractivity contribution in [2.45, 2.75) is 6.04 Å². The molecule has 2 rings (SSSR count). The molecule has 0 radical (unpaired) electrons. The van der Waals surface area contributed by atoms with Crippen molar-refractivity contribution in [1.29, 1.82) is 0 Å². The number of likely N-dealkylation sites (N-methyl/N-ethyl adjacent to an activating group) is 4. The molecule has 0 aromatic rings. The van der Waals surface area contributed by atoms with E-state index in [1.807, 2.05) is 0 Å². The molecular formula is C11H18N5O3+. The van der Waals surface area contributed by atoms with Crippen molar-refractivity contribution in [2.75, 3.05) is 41.3 Å². The maximum absolute atomic E-state index is 12.2. The molecule has 0 aliphatic carbocycles. The maximum Gasteiger partial charge on any atom is 0.392 e. The summed E-state index contributed by atoms with van der Waals surface area (Å²) in [5, 5.41) is 8.97. The van der Waals surface area contributed by atoms with Crippen molar-refractivity contribution in [3.63, 3.8) is 0 Å². The molecule has 104 valence electrons. The van der Waals surface area contributed by atoms with E-state index < -0.39 is 6.04 Å².